The van der Waals surface area contributed by atoms with Crippen LogP contribution in [0.4, 0.5) is 0 Å². The van der Waals surface area contributed by atoms with E-state index in [1.165, 1.54) is 4.31 Å². The van der Waals surface area contributed by atoms with Crippen LogP contribution in [0.3, 0.4) is 0 Å². The Morgan fingerprint density at radius 2 is 1.79 bits per heavy atom. The SMILES string of the molecule is CCOCCOc1ccc(S(=O)(=O)N(C)CCC(N)C(C)C)cc1. The summed E-state index contributed by atoms with van der Waals surface area (Å²) in [7, 11) is -1.93. The van der Waals surface area contributed by atoms with E-state index in [-0.39, 0.29) is 10.9 Å². The number of benzene rings is 1. The first-order valence-corrected chi connectivity index (χ1v) is 9.75. The maximum Gasteiger partial charge on any atom is 0.242 e. The molecule has 0 fully saturated rings. The first-order valence-electron chi connectivity index (χ1n) is 8.31. The molecule has 0 aliphatic heterocycles. The molecule has 1 rings (SSSR count). The Kier molecular flexibility index (Phi) is 8.69. The lowest BCUT2D eigenvalue weighted by atomic mass is 10.0. The second kappa shape index (κ2) is 9.98. The van der Waals surface area contributed by atoms with Crippen molar-refractivity contribution in [3.05, 3.63) is 24.3 Å². The summed E-state index contributed by atoms with van der Waals surface area (Å²) in [5, 5.41) is 0. The van der Waals surface area contributed by atoms with Crippen LogP contribution in [0.25, 0.3) is 0 Å². The molecule has 7 heteroatoms. The Bertz CT molecular complexity index is 573. The summed E-state index contributed by atoms with van der Waals surface area (Å²) >= 11 is 0. The van der Waals surface area contributed by atoms with Gasteiger partial charge in [0, 0.05) is 26.2 Å². The highest BCUT2D eigenvalue weighted by Gasteiger charge is 2.21. The summed E-state index contributed by atoms with van der Waals surface area (Å²) in [6.45, 7) is 7.97. The molecule has 1 atom stereocenters. The third-order valence-corrected chi connectivity index (χ3v) is 5.74. The van der Waals surface area contributed by atoms with Crippen molar-refractivity contribution in [2.24, 2.45) is 11.7 Å². The van der Waals surface area contributed by atoms with Gasteiger partial charge >= 0.3 is 0 Å². The molecule has 6 nitrogen and oxygen atoms in total. The molecule has 138 valence electrons. The second-order valence-electron chi connectivity index (χ2n) is 6.04. The zero-order chi connectivity index (χ0) is 18.2. The molecule has 24 heavy (non-hydrogen) atoms. The third-order valence-electron chi connectivity index (χ3n) is 3.87. The van der Waals surface area contributed by atoms with E-state index in [0.29, 0.717) is 44.5 Å². The van der Waals surface area contributed by atoms with Crippen molar-refractivity contribution in [2.75, 3.05) is 33.4 Å². The van der Waals surface area contributed by atoms with Crippen molar-refractivity contribution in [3.8, 4) is 5.75 Å². The van der Waals surface area contributed by atoms with Gasteiger partial charge in [0.15, 0.2) is 0 Å². The lowest BCUT2D eigenvalue weighted by Gasteiger charge is -2.21. The lowest BCUT2D eigenvalue weighted by Crippen LogP contribution is -2.34. The molecule has 0 amide bonds. The van der Waals surface area contributed by atoms with Gasteiger partial charge in [0.2, 0.25) is 10.0 Å². The highest BCUT2D eigenvalue weighted by molar-refractivity contribution is 7.89. The Balaban J connectivity index is 2.63. The number of sulfonamides is 1. The zero-order valence-corrected chi connectivity index (χ0v) is 15.9. The number of hydrogen-bond acceptors (Lipinski definition) is 5. The quantitative estimate of drug-likeness (QED) is 0.613. The molecule has 0 aliphatic carbocycles. The zero-order valence-electron chi connectivity index (χ0n) is 15.1. The molecule has 0 heterocycles. The Morgan fingerprint density at radius 3 is 2.33 bits per heavy atom. The van der Waals surface area contributed by atoms with Gasteiger partial charge in [-0.3, -0.25) is 0 Å². The van der Waals surface area contributed by atoms with Gasteiger partial charge < -0.3 is 15.2 Å². The largest absolute Gasteiger partial charge is 0.491 e. The Morgan fingerprint density at radius 1 is 1.17 bits per heavy atom. The third kappa shape index (κ3) is 6.39. The molecule has 0 bridgehead atoms. The molecule has 0 saturated heterocycles. The first-order chi connectivity index (χ1) is 11.3. The van der Waals surface area contributed by atoms with Crippen LogP contribution in [0, 0.1) is 5.92 Å². The molecule has 1 aromatic carbocycles. The highest BCUT2D eigenvalue weighted by Crippen LogP contribution is 2.19. The molecule has 0 saturated carbocycles. The number of nitrogens with two attached hydrogens (primary N) is 1. The van der Waals surface area contributed by atoms with Crippen molar-refractivity contribution in [1.82, 2.24) is 4.31 Å². The van der Waals surface area contributed by atoms with E-state index in [0.717, 1.165) is 0 Å². The van der Waals surface area contributed by atoms with Gasteiger partial charge in [-0.2, -0.15) is 0 Å². The molecular formula is C17H30N2O4S. The minimum absolute atomic E-state index is 0.0104. The van der Waals surface area contributed by atoms with Crippen molar-refractivity contribution in [2.45, 2.75) is 38.1 Å². The fourth-order valence-electron chi connectivity index (χ4n) is 2.03. The average molecular weight is 359 g/mol. The minimum atomic E-state index is -3.51. The normalized spacial score (nSPS) is 13.5. The van der Waals surface area contributed by atoms with E-state index in [1.807, 2.05) is 20.8 Å². The Hall–Kier alpha value is -1.15. The monoisotopic (exact) mass is 358 g/mol. The van der Waals surface area contributed by atoms with Gasteiger partial charge in [-0.25, -0.2) is 12.7 Å². The molecular weight excluding hydrogens is 328 g/mol. The van der Waals surface area contributed by atoms with Crippen LogP contribution in [0.1, 0.15) is 27.2 Å². The van der Waals surface area contributed by atoms with E-state index in [9.17, 15) is 8.42 Å². The van der Waals surface area contributed by atoms with Crippen LogP contribution in [-0.2, 0) is 14.8 Å². The maximum atomic E-state index is 12.5. The van der Waals surface area contributed by atoms with Crippen molar-refractivity contribution in [3.63, 3.8) is 0 Å². The maximum absolute atomic E-state index is 12.5. The molecule has 0 aliphatic rings. The van der Waals surface area contributed by atoms with Crippen LogP contribution in [0.15, 0.2) is 29.2 Å². The minimum Gasteiger partial charge on any atom is -0.491 e. The van der Waals surface area contributed by atoms with Crippen LogP contribution in [-0.4, -0.2) is 52.2 Å². The first kappa shape index (κ1) is 20.9. The van der Waals surface area contributed by atoms with Gasteiger partial charge in [0.05, 0.1) is 11.5 Å². The predicted octanol–water partition coefficient (Wildman–Crippen LogP) is 2.10. The lowest BCUT2D eigenvalue weighted by molar-refractivity contribution is 0.110. The summed E-state index contributed by atoms with van der Waals surface area (Å²) in [5.41, 5.74) is 5.99. The summed E-state index contributed by atoms with van der Waals surface area (Å²) < 4.78 is 37.1. The van der Waals surface area contributed by atoms with Gasteiger partial charge in [0.25, 0.3) is 0 Å². The Labute approximate surface area is 146 Å². The van der Waals surface area contributed by atoms with Crippen LogP contribution in [0.2, 0.25) is 0 Å². The van der Waals surface area contributed by atoms with E-state index in [1.54, 1.807) is 31.3 Å². The summed E-state index contributed by atoms with van der Waals surface area (Å²) in [5.74, 6) is 0.951. The van der Waals surface area contributed by atoms with Crippen molar-refractivity contribution < 1.29 is 17.9 Å². The molecule has 0 radical (unpaired) electrons. The van der Waals surface area contributed by atoms with Crippen LogP contribution >= 0.6 is 0 Å². The molecule has 2 N–H and O–H groups in total. The standard InChI is InChI=1S/C17H30N2O4S/c1-5-22-12-13-23-15-6-8-16(9-7-15)24(20,21)19(4)11-10-17(18)14(2)3/h6-9,14,17H,5,10-13,18H2,1-4H3. The topological polar surface area (TPSA) is 81.9 Å². The van der Waals surface area contributed by atoms with E-state index in [4.69, 9.17) is 15.2 Å². The second-order valence-corrected chi connectivity index (χ2v) is 8.08. The number of rotatable bonds is 11. The number of ether oxygens (including phenoxy) is 2. The predicted molar refractivity (Wildman–Crippen MR) is 95.7 cm³/mol. The average Bonchev–Trinajstić information content (AvgIpc) is 2.56. The van der Waals surface area contributed by atoms with E-state index >= 15 is 0 Å². The molecule has 1 aromatic rings. The summed E-state index contributed by atoms with van der Waals surface area (Å²) in [6.07, 6.45) is 0.631. The number of nitrogens with zero attached hydrogens (tertiary/aromatic N) is 1. The molecule has 1 unspecified atom stereocenters. The van der Waals surface area contributed by atoms with E-state index in [2.05, 4.69) is 0 Å². The van der Waals surface area contributed by atoms with E-state index < -0.39 is 10.0 Å². The van der Waals surface area contributed by atoms with Gasteiger partial charge in [-0.1, -0.05) is 13.8 Å². The van der Waals surface area contributed by atoms with Crippen molar-refractivity contribution >= 4 is 10.0 Å². The fraction of sp³-hybridized carbons (Fsp3) is 0.647. The molecule has 0 aromatic heterocycles. The van der Waals surface area contributed by atoms with Gasteiger partial charge in [-0.05, 0) is 43.5 Å². The smallest absolute Gasteiger partial charge is 0.242 e. The van der Waals surface area contributed by atoms with Gasteiger partial charge in [0.1, 0.15) is 12.4 Å². The van der Waals surface area contributed by atoms with Crippen LogP contribution in [0.5, 0.6) is 5.75 Å². The van der Waals surface area contributed by atoms with Crippen molar-refractivity contribution in [1.29, 1.82) is 0 Å². The highest BCUT2D eigenvalue weighted by atomic mass is 32.2. The van der Waals surface area contributed by atoms with Crippen LogP contribution < -0.4 is 10.5 Å². The molecule has 0 spiro atoms. The fourth-order valence-corrected chi connectivity index (χ4v) is 3.22. The summed E-state index contributed by atoms with van der Waals surface area (Å²) in [6, 6.07) is 6.43. The summed E-state index contributed by atoms with van der Waals surface area (Å²) in [4.78, 5) is 0.250. The number of hydrogen-bond donors (Lipinski definition) is 1. The van der Waals surface area contributed by atoms with Gasteiger partial charge in [-0.15, -0.1) is 0 Å².